The Bertz CT molecular complexity index is 462. The predicted octanol–water partition coefficient (Wildman–Crippen LogP) is 2.96. The maximum Gasteiger partial charge on any atom is 0.387 e. The average molecular weight is 301 g/mol. The minimum Gasteiger partial charge on any atom is -0.493 e. The molecule has 1 saturated heterocycles. The van der Waals surface area contributed by atoms with Gasteiger partial charge in [-0.05, 0) is 25.8 Å². The Balaban J connectivity index is 2.11. The largest absolute Gasteiger partial charge is 0.493 e. The van der Waals surface area contributed by atoms with E-state index >= 15 is 0 Å². The SMILES string of the molecule is COc1cccc(CNC2(C)CCCOC2)c1OC(F)F. The Morgan fingerprint density at radius 3 is 2.86 bits per heavy atom. The molecule has 0 amide bonds. The number of hydrogen-bond donors (Lipinski definition) is 1. The van der Waals surface area contributed by atoms with Gasteiger partial charge in [0.15, 0.2) is 11.5 Å². The molecule has 1 aromatic carbocycles. The van der Waals surface area contributed by atoms with Gasteiger partial charge in [0.1, 0.15) is 0 Å². The second kappa shape index (κ2) is 7.04. The van der Waals surface area contributed by atoms with Gasteiger partial charge >= 0.3 is 6.61 Å². The maximum atomic E-state index is 12.6. The number of halogens is 2. The van der Waals surface area contributed by atoms with Gasteiger partial charge < -0.3 is 19.5 Å². The van der Waals surface area contributed by atoms with Gasteiger partial charge in [0.25, 0.3) is 0 Å². The first kappa shape index (κ1) is 16.0. The Morgan fingerprint density at radius 1 is 1.43 bits per heavy atom. The van der Waals surface area contributed by atoms with Crippen LogP contribution in [-0.4, -0.2) is 32.5 Å². The van der Waals surface area contributed by atoms with Crippen LogP contribution in [0.3, 0.4) is 0 Å². The molecule has 1 aromatic rings. The first-order chi connectivity index (χ1) is 10.0. The summed E-state index contributed by atoms with van der Waals surface area (Å²) in [6.07, 6.45) is 1.98. The monoisotopic (exact) mass is 301 g/mol. The zero-order chi connectivity index (χ0) is 15.3. The van der Waals surface area contributed by atoms with Crippen molar-refractivity contribution in [3.63, 3.8) is 0 Å². The molecule has 1 unspecified atom stereocenters. The maximum absolute atomic E-state index is 12.6. The van der Waals surface area contributed by atoms with Crippen LogP contribution in [0.1, 0.15) is 25.3 Å². The molecule has 1 aliphatic rings. The fourth-order valence-electron chi connectivity index (χ4n) is 2.47. The number of methoxy groups -OCH3 is 1. The van der Waals surface area contributed by atoms with Gasteiger partial charge in [-0.1, -0.05) is 12.1 Å². The fourth-order valence-corrected chi connectivity index (χ4v) is 2.47. The van der Waals surface area contributed by atoms with Gasteiger partial charge in [0, 0.05) is 24.3 Å². The van der Waals surface area contributed by atoms with Crippen LogP contribution in [0.15, 0.2) is 18.2 Å². The predicted molar refractivity (Wildman–Crippen MR) is 74.9 cm³/mol. The molecule has 0 radical (unpaired) electrons. The van der Waals surface area contributed by atoms with Crippen molar-refractivity contribution in [3.8, 4) is 11.5 Å². The van der Waals surface area contributed by atoms with Crippen LogP contribution in [0.5, 0.6) is 11.5 Å². The Morgan fingerprint density at radius 2 is 2.24 bits per heavy atom. The zero-order valence-electron chi connectivity index (χ0n) is 12.3. The van der Waals surface area contributed by atoms with E-state index in [0.29, 0.717) is 24.5 Å². The standard InChI is InChI=1S/C15H21F2NO3/c1-15(7-4-8-20-10-15)18-9-11-5-3-6-12(19-2)13(11)21-14(16)17/h3,5-6,14,18H,4,7-10H2,1-2H3. The van der Waals surface area contributed by atoms with Crippen LogP contribution >= 0.6 is 0 Å². The van der Waals surface area contributed by atoms with E-state index in [4.69, 9.17) is 9.47 Å². The van der Waals surface area contributed by atoms with Crippen molar-refractivity contribution in [1.82, 2.24) is 5.32 Å². The Labute approximate surface area is 123 Å². The Hall–Kier alpha value is -1.40. The summed E-state index contributed by atoms with van der Waals surface area (Å²) in [6, 6.07) is 5.11. The van der Waals surface area contributed by atoms with Crippen LogP contribution in [0.4, 0.5) is 8.78 Å². The number of nitrogens with one attached hydrogen (secondary N) is 1. The van der Waals surface area contributed by atoms with Crippen LogP contribution in [0.25, 0.3) is 0 Å². The van der Waals surface area contributed by atoms with Crippen molar-refractivity contribution < 1.29 is 23.0 Å². The third-order valence-corrected chi connectivity index (χ3v) is 3.63. The lowest BCUT2D eigenvalue weighted by atomic mass is 9.94. The van der Waals surface area contributed by atoms with E-state index in [0.717, 1.165) is 19.4 Å². The third-order valence-electron chi connectivity index (χ3n) is 3.63. The van der Waals surface area contributed by atoms with Crippen LogP contribution in [-0.2, 0) is 11.3 Å². The summed E-state index contributed by atoms with van der Waals surface area (Å²) in [5.74, 6) is 0.391. The van der Waals surface area contributed by atoms with Crippen molar-refractivity contribution in [3.05, 3.63) is 23.8 Å². The lowest BCUT2D eigenvalue weighted by Crippen LogP contribution is -2.48. The van der Waals surface area contributed by atoms with Crippen molar-refractivity contribution in [2.45, 2.75) is 38.5 Å². The van der Waals surface area contributed by atoms with Gasteiger partial charge in [-0.25, -0.2) is 0 Å². The summed E-state index contributed by atoms with van der Waals surface area (Å²) in [5, 5.41) is 3.37. The van der Waals surface area contributed by atoms with Gasteiger partial charge in [-0.2, -0.15) is 8.78 Å². The third kappa shape index (κ3) is 4.28. The highest BCUT2D eigenvalue weighted by molar-refractivity contribution is 5.46. The molecule has 4 nitrogen and oxygen atoms in total. The first-order valence-corrected chi connectivity index (χ1v) is 6.97. The highest BCUT2D eigenvalue weighted by Gasteiger charge is 2.27. The number of ether oxygens (including phenoxy) is 3. The van der Waals surface area contributed by atoms with Gasteiger partial charge in [0.05, 0.1) is 13.7 Å². The molecular weight excluding hydrogens is 280 g/mol. The van der Waals surface area contributed by atoms with Crippen LogP contribution < -0.4 is 14.8 Å². The lowest BCUT2D eigenvalue weighted by Gasteiger charge is -2.34. The molecule has 2 rings (SSSR count). The number of hydrogen-bond acceptors (Lipinski definition) is 4. The molecule has 0 saturated carbocycles. The smallest absolute Gasteiger partial charge is 0.387 e. The Kier molecular flexibility index (Phi) is 5.36. The van der Waals surface area contributed by atoms with Crippen molar-refractivity contribution in [1.29, 1.82) is 0 Å². The summed E-state index contributed by atoms with van der Waals surface area (Å²) in [4.78, 5) is 0. The topological polar surface area (TPSA) is 39.7 Å². The highest BCUT2D eigenvalue weighted by atomic mass is 19.3. The van der Waals surface area contributed by atoms with E-state index in [1.165, 1.54) is 7.11 Å². The van der Waals surface area contributed by atoms with E-state index in [2.05, 4.69) is 17.0 Å². The summed E-state index contributed by atoms with van der Waals surface area (Å²) < 4.78 is 40.3. The molecule has 0 bridgehead atoms. The number of benzene rings is 1. The quantitative estimate of drug-likeness (QED) is 0.877. The minimum atomic E-state index is -2.88. The molecule has 0 aromatic heterocycles. The zero-order valence-corrected chi connectivity index (χ0v) is 12.3. The van der Waals surface area contributed by atoms with Crippen LogP contribution in [0, 0.1) is 0 Å². The van der Waals surface area contributed by atoms with E-state index < -0.39 is 6.61 Å². The molecule has 118 valence electrons. The van der Waals surface area contributed by atoms with Gasteiger partial charge in [-0.3, -0.25) is 0 Å². The number of para-hydroxylation sites is 1. The van der Waals surface area contributed by atoms with Gasteiger partial charge in [-0.15, -0.1) is 0 Å². The normalized spacial score (nSPS) is 22.3. The molecular formula is C15H21F2NO3. The molecule has 1 atom stereocenters. The highest BCUT2D eigenvalue weighted by Crippen LogP contribution is 2.33. The molecule has 1 aliphatic heterocycles. The second-order valence-electron chi connectivity index (χ2n) is 5.40. The van der Waals surface area contributed by atoms with E-state index in [1.807, 2.05) is 0 Å². The first-order valence-electron chi connectivity index (χ1n) is 6.97. The second-order valence-corrected chi connectivity index (χ2v) is 5.40. The summed E-state index contributed by atoms with van der Waals surface area (Å²) in [7, 11) is 1.43. The summed E-state index contributed by atoms with van der Waals surface area (Å²) >= 11 is 0. The molecule has 6 heteroatoms. The van der Waals surface area contributed by atoms with Gasteiger partial charge in [0.2, 0.25) is 0 Å². The van der Waals surface area contributed by atoms with E-state index in [9.17, 15) is 8.78 Å². The van der Waals surface area contributed by atoms with Crippen molar-refractivity contribution in [2.24, 2.45) is 0 Å². The van der Waals surface area contributed by atoms with E-state index in [-0.39, 0.29) is 11.3 Å². The van der Waals surface area contributed by atoms with Crippen LogP contribution in [0.2, 0.25) is 0 Å². The number of alkyl halides is 2. The average Bonchev–Trinajstić information content (AvgIpc) is 2.46. The van der Waals surface area contributed by atoms with Crippen molar-refractivity contribution in [2.75, 3.05) is 20.3 Å². The molecule has 0 aliphatic carbocycles. The molecule has 21 heavy (non-hydrogen) atoms. The van der Waals surface area contributed by atoms with E-state index in [1.54, 1.807) is 18.2 Å². The molecule has 1 fully saturated rings. The molecule has 0 spiro atoms. The summed E-state index contributed by atoms with van der Waals surface area (Å²) in [5.41, 5.74) is 0.491. The summed E-state index contributed by atoms with van der Waals surface area (Å²) in [6.45, 7) is 0.991. The van der Waals surface area contributed by atoms with Crippen molar-refractivity contribution >= 4 is 0 Å². The lowest BCUT2D eigenvalue weighted by molar-refractivity contribution is -0.0520. The number of rotatable bonds is 6. The fraction of sp³-hybridized carbons (Fsp3) is 0.600. The molecule has 1 heterocycles. The minimum absolute atomic E-state index is 0.0860. The molecule has 1 N–H and O–H groups in total.